The van der Waals surface area contributed by atoms with Gasteiger partial charge < -0.3 is 5.73 Å². The van der Waals surface area contributed by atoms with Crippen molar-refractivity contribution < 1.29 is 4.39 Å². The fourth-order valence-corrected chi connectivity index (χ4v) is 1.86. The predicted molar refractivity (Wildman–Crippen MR) is 67.5 cm³/mol. The highest BCUT2D eigenvalue weighted by molar-refractivity contribution is 5.64. The molecule has 0 radical (unpaired) electrons. The lowest BCUT2D eigenvalue weighted by atomic mass is 10.1. The first kappa shape index (κ1) is 10.7. The Balaban J connectivity index is 2.18. The number of anilines is 1. The molecule has 0 saturated carbocycles. The van der Waals surface area contributed by atoms with Crippen LogP contribution in [0.15, 0.2) is 36.8 Å². The van der Waals surface area contributed by atoms with Crippen LogP contribution in [0.3, 0.4) is 0 Å². The van der Waals surface area contributed by atoms with Gasteiger partial charge in [-0.3, -0.25) is 4.40 Å². The van der Waals surface area contributed by atoms with Crippen molar-refractivity contribution in [1.82, 2.24) is 14.4 Å². The highest BCUT2D eigenvalue weighted by Gasteiger charge is 2.05. The largest absolute Gasteiger partial charge is 0.383 e. The fourth-order valence-electron chi connectivity index (χ4n) is 1.86. The van der Waals surface area contributed by atoms with E-state index in [2.05, 4.69) is 9.97 Å². The maximum absolute atomic E-state index is 13.2. The number of imidazole rings is 1. The Morgan fingerprint density at radius 1 is 1.17 bits per heavy atom. The lowest BCUT2D eigenvalue weighted by Gasteiger charge is -2.04. The third kappa shape index (κ3) is 1.60. The molecule has 0 aliphatic rings. The summed E-state index contributed by atoms with van der Waals surface area (Å²) in [6.45, 7) is 1.73. The van der Waals surface area contributed by atoms with Crippen molar-refractivity contribution in [2.45, 2.75) is 6.92 Å². The van der Waals surface area contributed by atoms with Gasteiger partial charge in [0, 0.05) is 18.0 Å². The zero-order valence-electron chi connectivity index (χ0n) is 9.76. The molecule has 0 saturated heterocycles. The summed E-state index contributed by atoms with van der Waals surface area (Å²) in [5.41, 5.74) is 8.15. The van der Waals surface area contributed by atoms with E-state index in [-0.39, 0.29) is 5.82 Å². The van der Waals surface area contributed by atoms with Gasteiger partial charge in [0.1, 0.15) is 11.6 Å². The molecule has 4 nitrogen and oxygen atoms in total. The normalized spacial score (nSPS) is 11.0. The van der Waals surface area contributed by atoms with Crippen molar-refractivity contribution in [3.63, 3.8) is 0 Å². The van der Waals surface area contributed by atoms with Crippen LogP contribution in [0.2, 0.25) is 0 Å². The number of hydrogen-bond acceptors (Lipinski definition) is 3. The molecule has 90 valence electrons. The summed E-state index contributed by atoms with van der Waals surface area (Å²) < 4.78 is 14.9. The smallest absolute Gasteiger partial charge is 0.235 e. The Morgan fingerprint density at radius 2 is 1.94 bits per heavy atom. The molecule has 0 amide bonds. The van der Waals surface area contributed by atoms with E-state index in [1.807, 2.05) is 6.20 Å². The fraction of sp³-hybridized carbons (Fsp3) is 0.0769. The predicted octanol–water partition coefficient (Wildman–Crippen LogP) is 2.43. The molecule has 0 spiro atoms. The number of nitrogen functional groups attached to an aromatic ring is 1. The average molecular weight is 242 g/mol. The van der Waals surface area contributed by atoms with E-state index >= 15 is 0 Å². The maximum Gasteiger partial charge on any atom is 0.235 e. The van der Waals surface area contributed by atoms with Gasteiger partial charge in [-0.2, -0.15) is 0 Å². The zero-order valence-corrected chi connectivity index (χ0v) is 9.76. The van der Waals surface area contributed by atoms with Crippen molar-refractivity contribution in [1.29, 1.82) is 0 Å². The SMILES string of the molecule is Cc1cc(-c2cnc3ncc(N)n3c2)ccc1F. The summed E-state index contributed by atoms with van der Waals surface area (Å²) in [5, 5.41) is 0. The Morgan fingerprint density at radius 3 is 2.72 bits per heavy atom. The lowest BCUT2D eigenvalue weighted by Crippen LogP contribution is -1.95. The molecule has 2 heterocycles. The van der Waals surface area contributed by atoms with Gasteiger partial charge >= 0.3 is 0 Å². The van der Waals surface area contributed by atoms with E-state index in [1.165, 1.54) is 6.07 Å². The highest BCUT2D eigenvalue weighted by atomic mass is 19.1. The molecular formula is C13H11FN4. The first-order valence-corrected chi connectivity index (χ1v) is 5.50. The van der Waals surface area contributed by atoms with E-state index in [0.29, 0.717) is 17.2 Å². The second kappa shape index (κ2) is 3.80. The van der Waals surface area contributed by atoms with Gasteiger partial charge in [-0.1, -0.05) is 6.07 Å². The first-order valence-electron chi connectivity index (χ1n) is 5.50. The van der Waals surface area contributed by atoms with Crippen molar-refractivity contribution in [2.24, 2.45) is 0 Å². The molecule has 2 N–H and O–H groups in total. The van der Waals surface area contributed by atoms with Crippen molar-refractivity contribution in [2.75, 3.05) is 5.73 Å². The minimum Gasteiger partial charge on any atom is -0.383 e. The van der Waals surface area contributed by atoms with Crippen molar-refractivity contribution >= 4 is 11.6 Å². The number of rotatable bonds is 1. The van der Waals surface area contributed by atoms with Gasteiger partial charge in [0.05, 0.1) is 6.20 Å². The molecule has 0 aliphatic carbocycles. The van der Waals surface area contributed by atoms with Gasteiger partial charge in [-0.25, -0.2) is 14.4 Å². The number of fused-ring (bicyclic) bond motifs is 1. The Kier molecular flexibility index (Phi) is 2.26. The highest BCUT2D eigenvalue weighted by Crippen LogP contribution is 2.22. The quantitative estimate of drug-likeness (QED) is 0.713. The van der Waals surface area contributed by atoms with Crippen LogP contribution in [0, 0.1) is 12.7 Å². The summed E-state index contributed by atoms with van der Waals surface area (Å²) in [6, 6.07) is 4.95. The third-order valence-electron chi connectivity index (χ3n) is 2.88. The zero-order chi connectivity index (χ0) is 12.7. The summed E-state index contributed by atoms with van der Waals surface area (Å²) in [7, 11) is 0. The van der Waals surface area contributed by atoms with Crippen molar-refractivity contribution in [3.8, 4) is 11.1 Å². The Bertz CT molecular complexity index is 733. The van der Waals surface area contributed by atoms with Gasteiger partial charge in [0.15, 0.2) is 0 Å². The van der Waals surface area contributed by atoms with Crippen LogP contribution < -0.4 is 5.73 Å². The minimum atomic E-state index is -0.213. The third-order valence-corrected chi connectivity index (χ3v) is 2.88. The minimum absolute atomic E-state index is 0.213. The second-order valence-electron chi connectivity index (χ2n) is 4.16. The number of aromatic nitrogens is 3. The van der Waals surface area contributed by atoms with Crippen LogP contribution in [0.25, 0.3) is 16.9 Å². The van der Waals surface area contributed by atoms with Gasteiger partial charge in [-0.05, 0) is 30.2 Å². The molecule has 0 unspecified atom stereocenters. The van der Waals surface area contributed by atoms with Crippen LogP contribution in [-0.4, -0.2) is 14.4 Å². The van der Waals surface area contributed by atoms with Gasteiger partial charge in [-0.15, -0.1) is 0 Å². The molecule has 3 aromatic rings. The molecule has 5 heteroatoms. The number of benzene rings is 1. The summed E-state index contributed by atoms with van der Waals surface area (Å²) in [5.74, 6) is 0.864. The standard InChI is InChI=1S/C13H11FN4/c1-8-4-9(2-3-11(8)14)10-5-16-13-17-6-12(15)18(13)7-10/h2-7H,15H2,1H3. The van der Waals surface area contributed by atoms with E-state index in [4.69, 9.17) is 5.73 Å². The monoisotopic (exact) mass is 242 g/mol. The average Bonchev–Trinajstić information content (AvgIpc) is 2.74. The van der Waals surface area contributed by atoms with Crippen LogP contribution >= 0.6 is 0 Å². The summed E-state index contributed by atoms with van der Waals surface area (Å²) >= 11 is 0. The summed E-state index contributed by atoms with van der Waals surface area (Å²) in [4.78, 5) is 8.26. The number of aryl methyl sites for hydroxylation is 1. The van der Waals surface area contributed by atoms with E-state index in [1.54, 1.807) is 35.9 Å². The molecule has 18 heavy (non-hydrogen) atoms. The topological polar surface area (TPSA) is 56.2 Å². The van der Waals surface area contributed by atoms with E-state index in [0.717, 1.165) is 11.1 Å². The lowest BCUT2D eigenvalue weighted by molar-refractivity contribution is 0.619. The number of hydrogen-bond donors (Lipinski definition) is 1. The van der Waals surface area contributed by atoms with Gasteiger partial charge in [0.25, 0.3) is 0 Å². The molecule has 0 aliphatic heterocycles. The molecular weight excluding hydrogens is 231 g/mol. The summed E-state index contributed by atoms with van der Waals surface area (Å²) in [6.07, 6.45) is 5.10. The number of halogens is 1. The molecule has 0 fully saturated rings. The second-order valence-corrected chi connectivity index (χ2v) is 4.16. The van der Waals surface area contributed by atoms with Crippen LogP contribution in [0.4, 0.5) is 10.2 Å². The van der Waals surface area contributed by atoms with E-state index in [9.17, 15) is 4.39 Å². The molecule has 0 bridgehead atoms. The molecule has 3 rings (SSSR count). The van der Waals surface area contributed by atoms with Gasteiger partial charge in [0.2, 0.25) is 5.78 Å². The maximum atomic E-state index is 13.2. The molecule has 2 aromatic heterocycles. The van der Waals surface area contributed by atoms with E-state index < -0.39 is 0 Å². The van der Waals surface area contributed by atoms with Crippen LogP contribution in [0.1, 0.15) is 5.56 Å². The number of nitrogens with two attached hydrogens (primary N) is 1. The Hall–Kier alpha value is -2.43. The first-order chi connectivity index (χ1) is 8.65. The number of nitrogens with zero attached hydrogens (tertiary/aromatic N) is 3. The van der Waals surface area contributed by atoms with Crippen LogP contribution in [-0.2, 0) is 0 Å². The molecule has 0 atom stereocenters. The molecule has 1 aromatic carbocycles. The van der Waals surface area contributed by atoms with Crippen molar-refractivity contribution in [3.05, 3.63) is 48.2 Å². The van der Waals surface area contributed by atoms with Crippen LogP contribution in [0.5, 0.6) is 0 Å². The Labute approximate surface area is 103 Å².